The molecule has 6 rings (SSSR count). The van der Waals surface area contributed by atoms with Gasteiger partial charge in [-0.1, -0.05) is 12.1 Å². The predicted molar refractivity (Wildman–Crippen MR) is 210 cm³/mol. The Balaban J connectivity index is 0.928. The molecule has 0 aliphatic carbocycles. The van der Waals surface area contributed by atoms with E-state index in [1.165, 1.54) is 0 Å². The number of rotatable bonds is 16. The van der Waals surface area contributed by atoms with Gasteiger partial charge in [0.1, 0.15) is 17.9 Å². The van der Waals surface area contributed by atoms with E-state index in [1.54, 1.807) is 30.2 Å². The Kier molecular flexibility index (Phi) is 14.2. The van der Waals surface area contributed by atoms with Crippen molar-refractivity contribution in [1.82, 2.24) is 30.1 Å². The van der Waals surface area contributed by atoms with Gasteiger partial charge in [0, 0.05) is 77.0 Å². The lowest BCUT2D eigenvalue weighted by atomic mass is 10.2. The van der Waals surface area contributed by atoms with Crippen molar-refractivity contribution >= 4 is 46.0 Å². The number of carbonyl (C=O) groups is 3. The van der Waals surface area contributed by atoms with Gasteiger partial charge in [0.25, 0.3) is 0 Å². The highest BCUT2D eigenvalue weighted by atomic mass is 16.7. The molecule has 1 aromatic carbocycles. The van der Waals surface area contributed by atoms with Gasteiger partial charge in [0.2, 0.25) is 11.6 Å². The highest BCUT2D eigenvalue weighted by Crippen LogP contribution is 2.35. The molecule has 2 N–H and O–H groups in total. The monoisotopic (exact) mass is 791 g/mol. The third kappa shape index (κ3) is 11.8. The fourth-order valence-electron chi connectivity index (χ4n) is 6.47. The number of furan rings is 1. The first-order chi connectivity index (χ1) is 27.5. The second-order valence-electron chi connectivity index (χ2n) is 15.0. The quantitative estimate of drug-likeness (QED) is 0.123. The first-order valence-electron chi connectivity index (χ1n) is 19.5. The minimum Gasteiger partial charge on any atom is -0.460 e. The van der Waals surface area contributed by atoms with E-state index in [0.717, 1.165) is 5.39 Å². The molecule has 5 heterocycles. The normalized spacial score (nSPS) is 16.4. The van der Waals surface area contributed by atoms with E-state index >= 15 is 0 Å². The first-order valence-corrected chi connectivity index (χ1v) is 19.5. The maximum Gasteiger partial charge on any atom is 0.415 e. The van der Waals surface area contributed by atoms with E-state index in [-0.39, 0.29) is 32.0 Å². The van der Waals surface area contributed by atoms with Crippen molar-refractivity contribution in [3.05, 3.63) is 42.6 Å². The molecule has 57 heavy (non-hydrogen) atoms. The third-order valence-corrected chi connectivity index (χ3v) is 9.35. The lowest BCUT2D eigenvalue weighted by Crippen LogP contribution is -2.51. The number of esters is 1. The van der Waals surface area contributed by atoms with Crippen LogP contribution in [0.5, 0.6) is 5.75 Å². The van der Waals surface area contributed by atoms with Gasteiger partial charge in [-0.2, -0.15) is 0 Å². The van der Waals surface area contributed by atoms with E-state index in [4.69, 9.17) is 38.1 Å². The van der Waals surface area contributed by atoms with Crippen LogP contribution < -0.4 is 15.0 Å². The third-order valence-electron chi connectivity index (χ3n) is 9.35. The summed E-state index contributed by atoms with van der Waals surface area (Å²) in [4.78, 5) is 58.0. The fourth-order valence-corrected chi connectivity index (χ4v) is 6.47. The highest BCUT2D eigenvalue weighted by Gasteiger charge is 2.26. The maximum atomic E-state index is 13.2. The number of aromatic nitrogens is 3. The summed E-state index contributed by atoms with van der Waals surface area (Å²) >= 11 is 0. The molecule has 2 unspecified atom stereocenters. The van der Waals surface area contributed by atoms with Crippen LogP contribution >= 0.6 is 0 Å². The Labute approximate surface area is 331 Å². The number of nitrogens with zero attached hydrogens (tertiary/aromatic N) is 6. The standard InChI is InChI=1S/C40H53N7O10/c1-27(25-48)54-33(57-40(2,3)4)26-53-32(50)12-6-11-31(49)41-14-15-45-16-18-47(19-17-45)39(51)55-29-9-5-8-28(24-29)36-43-34-30-10-7-13-42-38(30)56-35(34)37(44-36)46-20-22-52-23-21-46/h5,7-10,13,24,27,33,48H,6,11-12,14-23,25-26H2,1-4H3,(H,41,49). The first kappa shape index (κ1) is 41.7. The minimum atomic E-state index is -0.815. The van der Waals surface area contributed by atoms with Crippen molar-refractivity contribution in [1.29, 1.82) is 0 Å². The molecule has 2 fully saturated rings. The summed E-state index contributed by atoms with van der Waals surface area (Å²) in [6.45, 7) is 12.7. The van der Waals surface area contributed by atoms with Crippen LogP contribution in [0.2, 0.25) is 0 Å². The Morgan fingerprint density at radius 1 is 1.00 bits per heavy atom. The molecule has 17 nitrogen and oxygen atoms in total. The summed E-state index contributed by atoms with van der Waals surface area (Å²) in [5.74, 6) is 0.914. The molecule has 0 saturated carbocycles. The van der Waals surface area contributed by atoms with Gasteiger partial charge in [0.05, 0.1) is 36.9 Å². The van der Waals surface area contributed by atoms with Crippen LogP contribution in [0.1, 0.15) is 47.0 Å². The number of amides is 2. The lowest BCUT2D eigenvalue weighted by molar-refractivity contribution is -0.235. The molecule has 2 aliphatic heterocycles. The molecule has 2 atom stereocenters. The van der Waals surface area contributed by atoms with Crippen LogP contribution in [-0.2, 0) is 28.5 Å². The van der Waals surface area contributed by atoms with Crippen LogP contribution in [-0.4, -0.2) is 145 Å². The molecule has 2 amide bonds. The number of hydrogen-bond donors (Lipinski definition) is 2. The maximum absolute atomic E-state index is 13.2. The molecular weight excluding hydrogens is 738 g/mol. The van der Waals surface area contributed by atoms with Gasteiger partial charge in [-0.25, -0.2) is 19.7 Å². The van der Waals surface area contributed by atoms with E-state index in [1.807, 2.05) is 45.0 Å². The Morgan fingerprint density at radius 3 is 2.54 bits per heavy atom. The number of aliphatic hydroxyl groups is 1. The second-order valence-corrected chi connectivity index (χ2v) is 15.0. The number of pyridine rings is 1. The Bertz CT molecular complexity index is 1970. The Morgan fingerprint density at radius 2 is 1.79 bits per heavy atom. The van der Waals surface area contributed by atoms with Crippen LogP contribution in [0.3, 0.4) is 0 Å². The van der Waals surface area contributed by atoms with Gasteiger partial charge in [-0.3, -0.25) is 14.5 Å². The van der Waals surface area contributed by atoms with Crippen LogP contribution in [0, 0.1) is 0 Å². The minimum absolute atomic E-state index is 0.0770. The van der Waals surface area contributed by atoms with Crippen molar-refractivity contribution in [2.75, 3.05) is 83.7 Å². The molecule has 2 saturated heterocycles. The molecule has 17 heteroatoms. The van der Waals surface area contributed by atoms with Crippen molar-refractivity contribution in [3.8, 4) is 17.1 Å². The molecule has 3 aromatic heterocycles. The number of carbonyl (C=O) groups excluding carboxylic acids is 3. The van der Waals surface area contributed by atoms with Gasteiger partial charge in [-0.15, -0.1) is 0 Å². The molecule has 0 spiro atoms. The lowest BCUT2D eigenvalue weighted by Gasteiger charge is -2.34. The topological polar surface area (TPSA) is 191 Å². The van der Waals surface area contributed by atoms with E-state index < -0.39 is 30.1 Å². The zero-order chi connectivity index (χ0) is 40.4. The van der Waals surface area contributed by atoms with E-state index in [2.05, 4.69) is 20.1 Å². The number of aliphatic hydroxyl groups excluding tert-OH is 1. The van der Waals surface area contributed by atoms with Crippen LogP contribution in [0.15, 0.2) is 47.0 Å². The zero-order valence-corrected chi connectivity index (χ0v) is 33.1. The van der Waals surface area contributed by atoms with Crippen molar-refractivity contribution < 1.29 is 47.6 Å². The number of benzene rings is 1. The molecule has 2 aliphatic rings. The molecule has 0 radical (unpaired) electrons. The van der Waals surface area contributed by atoms with E-state index in [9.17, 15) is 19.5 Å². The smallest absolute Gasteiger partial charge is 0.415 e. The molecule has 308 valence electrons. The fraction of sp³-hybridized carbons (Fsp3) is 0.550. The summed E-state index contributed by atoms with van der Waals surface area (Å²) < 4.78 is 34.2. The van der Waals surface area contributed by atoms with Crippen LogP contribution in [0.4, 0.5) is 10.6 Å². The van der Waals surface area contributed by atoms with Gasteiger partial charge in [0.15, 0.2) is 23.5 Å². The highest BCUT2D eigenvalue weighted by molar-refractivity contribution is 6.05. The average molecular weight is 792 g/mol. The molecule has 0 bridgehead atoms. The number of hydrogen-bond acceptors (Lipinski definition) is 15. The summed E-state index contributed by atoms with van der Waals surface area (Å²) in [6.07, 6.45) is 0.546. The molecular formula is C40H53N7O10. The number of piperazine rings is 1. The summed E-state index contributed by atoms with van der Waals surface area (Å²) in [7, 11) is 0. The van der Waals surface area contributed by atoms with Gasteiger partial charge < -0.3 is 48.3 Å². The zero-order valence-electron chi connectivity index (χ0n) is 33.1. The number of fused-ring (bicyclic) bond motifs is 3. The van der Waals surface area contributed by atoms with Crippen LogP contribution in [0.25, 0.3) is 33.6 Å². The summed E-state index contributed by atoms with van der Waals surface area (Å²) in [5.41, 5.74) is 1.88. The number of ether oxygens (including phenoxy) is 5. The van der Waals surface area contributed by atoms with Gasteiger partial charge in [-0.05, 0) is 58.4 Å². The second kappa shape index (κ2) is 19.5. The van der Waals surface area contributed by atoms with Crippen molar-refractivity contribution in [2.45, 2.75) is 65.0 Å². The predicted octanol–water partition coefficient (Wildman–Crippen LogP) is 3.76. The SMILES string of the molecule is CC(CO)OC(COC(=O)CCCC(=O)NCCN1CCN(C(=O)Oc2cccc(-c3nc(N4CCOCC4)c4oc5ncccc5c4n3)c2)CC1)OC(C)(C)C. The molecule has 4 aromatic rings. The van der Waals surface area contributed by atoms with Crippen molar-refractivity contribution in [2.24, 2.45) is 0 Å². The Hall–Kier alpha value is -4.94. The average Bonchev–Trinajstić information content (AvgIpc) is 3.58. The van der Waals surface area contributed by atoms with Crippen molar-refractivity contribution in [3.63, 3.8) is 0 Å². The largest absolute Gasteiger partial charge is 0.460 e. The number of nitrogens with one attached hydrogen (secondary N) is 1. The number of morpholine rings is 1. The number of anilines is 1. The summed E-state index contributed by atoms with van der Waals surface area (Å²) in [5, 5.41) is 13.0. The summed E-state index contributed by atoms with van der Waals surface area (Å²) in [6, 6.07) is 11.0. The van der Waals surface area contributed by atoms with Gasteiger partial charge >= 0.3 is 12.1 Å². The van der Waals surface area contributed by atoms with E-state index in [0.29, 0.717) is 112 Å².